The summed E-state index contributed by atoms with van der Waals surface area (Å²) in [6, 6.07) is 8.18. The number of carbonyl (C=O) groups is 1. The second kappa shape index (κ2) is 6.39. The number of hydrazone groups is 1. The molecule has 2 rings (SSSR count). The summed E-state index contributed by atoms with van der Waals surface area (Å²) >= 11 is 18.7. The molecular formula is C12H7Cl3N2OS. The lowest BCUT2D eigenvalue weighted by Gasteiger charge is -2.01. The number of thiophene rings is 1. The quantitative estimate of drug-likeness (QED) is 0.653. The number of nitrogens with one attached hydrogen (secondary N) is 1. The Morgan fingerprint density at radius 2 is 1.95 bits per heavy atom. The van der Waals surface area contributed by atoms with Crippen molar-refractivity contribution in [3.63, 3.8) is 0 Å². The molecule has 0 unspecified atom stereocenters. The molecule has 19 heavy (non-hydrogen) atoms. The zero-order chi connectivity index (χ0) is 13.8. The first-order valence-electron chi connectivity index (χ1n) is 5.10. The highest BCUT2D eigenvalue weighted by atomic mass is 35.5. The standard InChI is InChI=1S/C12H7Cl3N2OS/c13-9-3-1-7(5-10(9)14)12(18)17-16-6-8-2-4-11(15)19-8/h1-6H,(H,17,18)/b16-6-. The van der Waals surface area contributed by atoms with E-state index in [1.54, 1.807) is 18.2 Å². The van der Waals surface area contributed by atoms with Crippen LogP contribution in [0.4, 0.5) is 0 Å². The van der Waals surface area contributed by atoms with Crippen molar-refractivity contribution < 1.29 is 4.79 Å². The van der Waals surface area contributed by atoms with Crippen LogP contribution in [0.25, 0.3) is 0 Å². The predicted octanol–water partition coefficient (Wildman–Crippen LogP) is 4.47. The van der Waals surface area contributed by atoms with Crippen LogP contribution in [0.1, 0.15) is 15.2 Å². The fourth-order valence-corrected chi connectivity index (χ4v) is 2.49. The third kappa shape index (κ3) is 3.94. The van der Waals surface area contributed by atoms with Gasteiger partial charge in [-0.05, 0) is 30.3 Å². The minimum atomic E-state index is -0.363. The van der Waals surface area contributed by atoms with E-state index in [0.717, 1.165) is 4.88 Å². The number of carbonyl (C=O) groups excluding carboxylic acids is 1. The van der Waals surface area contributed by atoms with Gasteiger partial charge in [0, 0.05) is 10.4 Å². The molecule has 0 saturated heterocycles. The lowest BCUT2D eigenvalue weighted by atomic mass is 10.2. The van der Waals surface area contributed by atoms with Crippen LogP contribution in [0, 0.1) is 0 Å². The van der Waals surface area contributed by atoms with Crippen molar-refractivity contribution in [3.8, 4) is 0 Å². The molecule has 1 amide bonds. The molecule has 0 spiro atoms. The first-order valence-corrected chi connectivity index (χ1v) is 7.05. The van der Waals surface area contributed by atoms with E-state index < -0.39 is 0 Å². The fourth-order valence-electron chi connectivity index (χ4n) is 1.25. The lowest BCUT2D eigenvalue weighted by Crippen LogP contribution is -2.17. The molecule has 0 aliphatic heterocycles. The second-order valence-electron chi connectivity index (χ2n) is 3.47. The Kier molecular flexibility index (Phi) is 4.82. The molecule has 0 fully saturated rings. The number of hydrogen-bond acceptors (Lipinski definition) is 3. The maximum atomic E-state index is 11.8. The number of halogens is 3. The van der Waals surface area contributed by atoms with Crippen LogP contribution < -0.4 is 5.43 Å². The third-order valence-electron chi connectivity index (χ3n) is 2.13. The third-order valence-corrected chi connectivity index (χ3v) is 4.04. The van der Waals surface area contributed by atoms with Gasteiger partial charge in [-0.1, -0.05) is 34.8 Å². The van der Waals surface area contributed by atoms with Gasteiger partial charge in [-0.3, -0.25) is 4.79 Å². The predicted molar refractivity (Wildman–Crippen MR) is 80.9 cm³/mol. The average Bonchev–Trinajstić information content (AvgIpc) is 2.78. The van der Waals surface area contributed by atoms with Crippen LogP contribution in [0.15, 0.2) is 35.4 Å². The van der Waals surface area contributed by atoms with E-state index in [0.29, 0.717) is 19.9 Å². The number of rotatable bonds is 3. The number of amides is 1. The largest absolute Gasteiger partial charge is 0.271 e. The Labute approximate surface area is 128 Å². The van der Waals surface area contributed by atoms with E-state index in [1.807, 2.05) is 6.07 Å². The van der Waals surface area contributed by atoms with Crippen LogP contribution in [0.2, 0.25) is 14.4 Å². The van der Waals surface area contributed by atoms with Gasteiger partial charge in [-0.15, -0.1) is 11.3 Å². The average molecular weight is 334 g/mol. The monoisotopic (exact) mass is 332 g/mol. The maximum absolute atomic E-state index is 11.8. The second-order valence-corrected chi connectivity index (χ2v) is 6.03. The van der Waals surface area contributed by atoms with Gasteiger partial charge in [-0.25, -0.2) is 5.43 Å². The number of nitrogens with zero attached hydrogens (tertiary/aromatic N) is 1. The van der Waals surface area contributed by atoms with Gasteiger partial charge in [0.1, 0.15) is 0 Å². The van der Waals surface area contributed by atoms with Crippen molar-refractivity contribution in [3.05, 3.63) is 55.2 Å². The zero-order valence-electron chi connectivity index (χ0n) is 9.36. The van der Waals surface area contributed by atoms with Crippen molar-refractivity contribution in [1.82, 2.24) is 5.43 Å². The molecule has 0 saturated carbocycles. The van der Waals surface area contributed by atoms with Crippen molar-refractivity contribution >= 4 is 58.3 Å². The molecule has 0 atom stereocenters. The molecule has 0 aliphatic carbocycles. The molecule has 1 aromatic heterocycles. The van der Waals surface area contributed by atoms with Crippen LogP contribution >= 0.6 is 46.1 Å². The highest BCUT2D eigenvalue weighted by Gasteiger charge is 2.06. The Balaban J connectivity index is 2.01. The first kappa shape index (κ1) is 14.3. The summed E-state index contributed by atoms with van der Waals surface area (Å²) in [7, 11) is 0. The first-order chi connectivity index (χ1) is 9.06. The normalized spacial score (nSPS) is 10.9. The topological polar surface area (TPSA) is 41.5 Å². The van der Waals surface area contributed by atoms with Gasteiger partial charge in [0.15, 0.2) is 0 Å². The molecule has 1 heterocycles. The SMILES string of the molecule is O=C(N/N=C\c1ccc(Cl)s1)c1ccc(Cl)c(Cl)c1. The fraction of sp³-hybridized carbons (Fsp3) is 0. The summed E-state index contributed by atoms with van der Waals surface area (Å²) in [5, 5.41) is 4.56. The molecule has 7 heteroatoms. The van der Waals surface area contributed by atoms with Gasteiger partial charge in [-0.2, -0.15) is 5.10 Å². The van der Waals surface area contributed by atoms with Gasteiger partial charge in [0.25, 0.3) is 5.91 Å². The summed E-state index contributed by atoms with van der Waals surface area (Å²) in [4.78, 5) is 12.6. The summed E-state index contributed by atoms with van der Waals surface area (Å²) < 4.78 is 0.664. The van der Waals surface area contributed by atoms with E-state index in [1.165, 1.54) is 23.6 Å². The highest BCUT2D eigenvalue weighted by Crippen LogP contribution is 2.22. The Hall–Kier alpha value is -1.07. The van der Waals surface area contributed by atoms with Crippen molar-refractivity contribution in [2.75, 3.05) is 0 Å². The van der Waals surface area contributed by atoms with Crippen LogP contribution in [-0.4, -0.2) is 12.1 Å². The summed E-state index contributed by atoms with van der Waals surface area (Å²) in [6.45, 7) is 0. The Morgan fingerprint density at radius 3 is 2.58 bits per heavy atom. The molecular weight excluding hydrogens is 327 g/mol. The van der Waals surface area contributed by atoms with Gasteiger partial charge < -0.3 is 0 Å². The van der Waals surface area contributed by atoms with E-state index in [4.69, 9.17) is 34.8 Å². The molecule has 1 N–H and O–H groups in total. The van der Waals surface area contributed by atoms with E-state index in [9.17, 15) is 4.79 Å². The molecule has 0 aliphatic rings. The number of benzene rings is 1. The van der Waals surface area contributed by atoms with Gasteiger partial charge >= 0.3 is 0 Å². The van der Waals surface area contributed by atoms with Crippen molar-refractivity contribution in [2.24, 2.45) is 5.10 Å². The minimum Gasteiger partial charge on any atom is -0.267 e. The summed E-state index contributed by atoms with van der Waals surface area (Å²) in [5.41, 5.74) is 2.78. The van der Waals surface area contributed by atoms with Gasteiger partial charge in [0.2, 0.25) is 0 Å². The van der Waals surface area contributed by atoms with Crippen LogP contribution in [-0.2, 0) is 0 Å². The smallest absolute Gasteiger partial charge is 0.267 e. The van der Waals surface area contributed by atoms with Crippen molar-refractivity contribution in [1.29, 1.82) is 0 Å². The van der Waals surface area contributed by atoms with Crippen LogP contribution in [0.5, 0.6) is 0 Å². The van der Waals surface area contributed by atoms with Gasteiger partial charge in [0.05, 0.1) is 20.6 Å². The molecule has 1 aromatic carbocycles. The maximum Gasteiger partial charge on any atom is 0.271 e. The summed E-state index contributed by atoms with van der Waals surface area (Å²) in [5.74, 6) is -0.363. The Morgan fingerprint density at radius 1 is 1.16 bits per heavy atom. The van der Waals surface area contributed by atoms with Crippen LogP contribution in [0.3, 0.4) is 0 Å². The van der Waals surface area contributed by atoms with Crippen molar-refractivity contribution in [2.45, 2.75) is 0 Å². The van der Waals surface area contributed by atoms with E-state index in [2.05, 4.69) is 10.5 Å². The summed E-state index contributed by atoms with van der Waals surface area (Å²) in [6.07, 6.45) is 1.52. The Bertz CT molecular complexity index is 640. The molecule has 0 bridgehead atoms. The minimum absolute atomic E-state index is 0.323. The highest BCUT2D eigenvalue weighted by molar-refractivity contribution is 7.17. The van der Waals surface area contributed by atoms with E-state index in [-0.39, 0.29) is 5.91 Å². The molecule has 3 nitrogen and oxygen atoms in total. The lowest BCUT2D eigenvalue weighted by molar-refractivity contribution is 0.0955. The number of hydrogen-bond donors (Lipinski definition) is 1. The molecule has 2 aromatic rings. The molecule has 0 radical (unpaired) electrons. The van der Waals surface area contributed by atoms with E-state index >= 15 is 0 Å². The molecule has 98 valence electrons. The zero-order valence-corrected chi connectivity index (χ0v) is 12.4.